The number of aryl methyl sites for hydroxylation is 1. The maximum atomic E-state index is 6.30. The summed E-state index contributed by atoms with van der Waals surface area (Å²) in [7, 11) is 2.11. The summed E-state index contributed by atoms with van der Waals surface area (Å²) in [6, 6.07) is 18.2. The first-order chi connectivity index (χ1) is 14.6. The van der Waals surface area contributed by atoms with Crippen molar-refractivity contribution in [2.45, 2.75) is 38.0 Å². The summed E-state index contributed by atoms with van der Waals surface area (Å²) >= 11 is 6.30. The van der Waals surface area contributed by atoms with Crippen LogP contribution in [0.3, 0.4) is 0 Å². The highest BCUT2D eigenvalue weighted by molar-refractivity contribution is 6.30. The van der Waals surface area contributed by atoms with Crippen LogP contribution < -0.4 is 10.2 Å². The van der Waals surface area contributed by atoms with Crippen LogP contribution in [0.2, 0.25) is 5.02 Å². The monoisotopic (exact) mass is 420 g/mol. The molecule has 1 N–H and O–H groups in total. The maximum absolute atomic E-state index is 6.30. The van der Waals surface area contributed by atoms with E-state index in [0.29, 0.717) is 11.8 Å². The number of rotatable bonds is 3. The normalized spacial score (nSPS) is 19.7. The van der Waals surface area contributed by atoms with Gasteiger partial charge in [-0.2, -0.15) is 0 Å². The Balaban J connectivity index is 0.000000313. The van der Waals surface area contributed by atoms with Crippen molar-refractivity contribution >= 4 is 23.1 Å². The second-order valence-corrected chi connectivity index (χ2v) is 8.54. The highest BCUT2D eigenvalue weighted by Gasteiger charge is 2.28. The predicted octanol–water partition coefficient (Wildman–Crippen LogP) is 5.71. The summed E-state index contributed by atoms with van der Waals surface area (Å²) in [5, 5.41) is 4.26. The summed E-state index contributed by atoms with van der Waals surface area (Å²) in [6.07, 6.45) is 5.07. The Kier molecular flexibility index (Phi) is 6.66. The van der Waals surface area contributed by atoms with E-state index in [-0.39, 0.29) is 0 Å². The first-order valence-electron chi connectivity index (χ1n) is 10.7. The van der Waals surface area contributed by atoms with Gasteiger partial charge in [-0.3, -0.25) is 0 Å². The van der Waals surface area contributed by atoms with Crippen LogP contribution in [0.15, 0.2) is 60.9 Å². The molecule has 0 bridgehead atoms. The number of hydrogen-bond donors (Lipinski definition) is 1. The van der Waals surface area contributed by atoms with E-state index in [1.54, 1.807) is 6.33 Å². The molecule has 2 heterocycles. The minimum atomic E-state index is 0.508. The molecule has 2 atom stereocenters. The van der Waals surface area contributed by atoms with Crippen molar-refractivity contribution in [3.63, 3.8) is 0 Å². The number of fused-ring (bicyclic) bond motifs is 1. The van der Waals surface area contributed by atoms with Gasteiger partial charge in [-0.1, -0.05) is 54.9 Å². The summed E-state index contributed by atoms with van der Waals surface area (Å²) < 4.78 is 0. The average molecular weight is 421 g/mol. The van der Waals surface area contributed by atoms with E-state index in [1.165, 1.54) is 22.5 Å². The third kappa shape index (κ3) is 4.50. The topological polar surface area (TPSA) is 41.1 Å². The lowest BCUT2D eigenvalue weighted by Gasteiger charge is -2.26. The molecule has 0 amide bonds. The van der Waals surface area contributed by atoms with Gasteiger partial charge in [-0.15, -0.1) is 0 Å². The van der Waals surface area contributed by atoms with E-state index in [9.17, 15) is 0 Å². The number of benzene rings is 2. The Labute approximate surface area is 184 Å². The Morgan fingerprint density at radius 2 is 1.77 bits per heavy atom. The van der Waals surface area contributed by atoms with Gasteiger partial charge in [0.1, 0.15) is 12.1 Å². The van der Waals surface area contributed by atoms with E-state index < -0.39 is 0 Å². The van der Waals surface area contributed by atoms with Gasteiger partial charge < -0.3 is 10.2 Å². The zero-order chi connectivity index (χ0) is 20.9. The molecule has 0 spiro atoms. The molecular weight excluding hydrogens is 392 g/mol. The summed E-state index contributed by atoms with van der Waals surface area (Å²) in [5.74, 6) is 2.07. The van der Waals surface area contributed by atoms with Crippen LogP contribution >= 0.6 is 11.6 Å². The van der Waals surface area contributed by atoms with Crippen LogP contribution in [0.5, 0.6) is 0 Å². The van der Waals surface area contributed by atoms with Crippen molar-refractivity contribution in [3.05, 3.63) is 82.8 Å². The van der Waals surface area contributed by atoms with Gasteiger partial charge in [-0.25, -0.2) is 9.97 Å². The summed E-state index contributed by atoms with van der Waals surface area (Å²) in [4.78, 5) is 11.4. The molecule has 0 radical (unpaired) electrons. The van der Waals surface area contributed by atoms with Gasteiger partial charge in [0.15, 0.2) is 0 Å². The number of anilines is 2. The molecule has 156 valence electrons. The van der Waals surface area contributed by atoms with E-state index in [0.717, 1.165) is 43.2 Å². The summed E-state index contributed by atoms with van der Waals surface area (Å²) in [5.41, 5.74) is 5.03. The van der Waals surface area contributed by atoms with Crippen LogP contribution in [0, 0.1) is 0 Å². The fourth-order valence-corrected chi connectivity index (χ4v) is 4.65. The average Bonchev–Trinajstić information content (AvgIpc) is 3.45. The molecule has 1 aliphatic heterocycles. The Morgan fingerprint density at radius 1 is 1.03 bits per heavy atom. The zero-order valence-corrected chi connectivity index (χ0v) is 18.4. The number of halogens is 1. The first-order valence-corrected chi connectivity index (χ1v) is 11.1. The highest BCUT2D eigenvalue weighted by Crippen LogP contribution is 2.41. The fourth-order valence-electron chi connectivity index (χ4n) is 4.47. The maximum Gasteiger partial charge on any atom is 0.139 e. The molecule has 2 aromatic carbocycles. The van der Waals surface area contributed by atoms with Crippen molar-refractivity contribution < 1.29 is 0 Å². The fraction of sp³-hybridized carbons (Fsp3) is 0.360. The molecule has 5 rings (SSSR count). The molecule has 3 aromatic rings. The molecule has 1 aromatic heterocycles. The SMILES string of the molecule is CC1CCc2ncnc(N(C)c3ccc(Cl)cc3C3CCNC3)c21.c1ccccc1. The molecule has 2 aliphatic rings. The second kappa shape index (κ2) is 9.59. The smallest absolute Gasteiger partial charge is 0.139 e. The van der Waals surface area contributed by atoms with Gasteiger partial charge in [0.2, 0.25) is 0 Å². The lowest BCUT2D eigenvalue weighted by atomic mass is 9.95. The van der Waals surface area contributed by atoms with E-state index >= 15 is 0 Å². The van der Waals surface area contributed by atoms with Crippen LogP contribution in [-0.4, -0.2) is 30.1 Å². The van der Waals surface area contributed by atoms with Gasteiger partial charge in [0, 0.05) is 35.6 Å². The lowest BCUT2D eigenvalue weighted by Crippen LogP contribution is -2.18. The summed E-state index contributed by atoms with van der Waals surface area (Å²) in [6.45, 7) is 4.36. The third-order valence-electron chi connectivity index (χ3n) is 6.09. The second-order valence-electron chi connectivity index (χ2n) is 8.10. The Hall–Kier alpha value is -2.43. The van der Waals surface area contributed by atoms with Gasteiger partial charge >= 0.3 is 0 Å². The standard InChI is InChI=1S/C19H23ClN4.C6H6/c1-12-3-5-16-18(12)19(23-11-22-16)24(2)17-6-4-14(20)9-15(17)13-7-8-21-10-13;1-2-4-6-5-3-1/h4,6,9,11-13,21H,3,5,7-8,10H2,1-2H3;1-6H. The third-order valence-corrected chi connectivity index (χ3v) is 6.32. The molecule has 30 heavy (non-hydrogen) atoms. The quantitative estimate of drug-likeness (QED) is 0.589. The molecule has 1 saturated heterocycles. The minimum absolute atomic E-state index is 0.508. The van der Waals surface area contributed by atoms with Gasteiger partial charge in [0.25, 0.3) is 0 Å². The molecule has 1 fully saturated rings. The molecule has 2 unspecified atom stereocenters. The van der Waals surface area contributed by atoms with E-state index in [4.69, 9.17) is 11.6 Å². The molecule has 0 saturated carbocycles. The number of hydrogen-bond acceptors (Lipinski definition) is 4. The first kappa shape index (κ1) is 20.8. The minimum Gasteiger partial charge on any atom is -0.329 e. The highest BCUT2D eigenvalue weighted by atomic mass is 35.5. The van der Waals surface area contributed by atoms with E-state index in [2.05, 4.69) is 46.3 Å². The van der Waals surface area contributed by atoms with Crippen LogP contribution in [0.25, 0.3) is 0 Å². The van der Waals surface area contributed by atoms with Crippen molar-refractivity contribution in [3.8, 4) is 0 Å². The molecule has 1 aliphatic carbocycles. The largest absolute Gasteiger partial charge is 0.329 e. The van der Waals surface area contributed by atoms with Gasteiger partial charge in [0.05, 0.1) is 0 Å². The Morgan fingerprint density at radius 3 is 2.43 bits per heavy atom. The van der Waals surface area contributed by atoms with E-state index in [1.807, 2.05) is 42.5 Å². The molecular formula is C25H29ClN4. The van der Waals surface area contributed by atoms with Crippen molar-refractivity contribution in [1.29, 1.82) is 0 Å². The zero-order valence-electron chi connectivity index (χ0n) is 17.7. The molecule has 5 heteroatoms. The lowest BCUT2D eigenvalue weighted by molar-refractivity contribution is 0.742. The van der Waals surface area contributed by atoms with Crippen molar-refractivity contribution in [1.82, 2.24) is 15.3 Å². The van der Waals surface area contributed by atoms with Crippen LogP contribution in [-0.2, 0) is 6.42 Å². The van der Waals surface area contributed by atoms with Crippen molar-refractivity contribution in [2.75, 3.05) is 25.0 Å². The number of nitrogens with zero attached hydrogens (tertiary/aromatic N) is 3. The molecule has 4 nitrogen and oxygen atoms in total. The Bertz CT molecular complexity index is 943. The van der Waals surface area contributed by atoms with Crippen LogP contribution in [0.1, 0.15) is 48.4 Å². The predicted molar refractivity (Wildman–Crippen MR) is 125 cm³/mol. The van der Waals surface area contributed by atoms with Crippen molar-refractivity contribution in [2.24, 2.45) is 0 Å². The van der Waals surface area contributed by atoms with Crippen LogP contribution in [0.4, 0.5) is 11.5 Å². The van der Waals surface area contributed by atoms with Gasteiger partial charge in [-0.05, 0) is 61.4 Å². The number of nitrogens with one attached hydrogen (secondary N) is 1. The number of aromatic nitrogens is 2.